The number of carbonyl (C=O) groups excluding carboxylic acids is 4. The Morgan fingerprint density at radius 1 is 1.06 bits per heavy atom. The van der Waals surface area contributed by atoms with Gasteiger partial charge in [0.05, 0.1) is 27.2 Å². The van der Waals surface area contributed by atoms with Gasteiger partial charge < -0.3 is 10.1 Å². The van der Waals surface area contributed by atoms with Crippen molar-refractivity contribution in [3.8, 4) is 0 Å². The molecule has 2 aliphatic rings. The lowest BCUT2D eigenvalue weighted by molar-refractivity contribution is -0.148. The predicted molar refractivity (Wildman–Crippen MR) is 113 cm³/mol. The van der Waals surface area contributed by atoms with Crippen LogP contribution in [0.2, 0.25) is 10.0 Å². The van der Waals surface area contributed by atoms with Crippen molar-refractivity contribution in [1.29, 1.82) is 0 Å². The molecule has 1 aliphatic heterocycles. The van der Waals surface area contributed by atoms with Crippen molar-refractivity contribution in [2.24, 2.45) is 0 Å². The number of carbonyl (C=O) groups is 4. The number of hydrogen-bond acceptors (Lipinski definition) is 5. The summed E-state index contributed by atoms with van der Waals surface area (Å²) in [6.45, 7) is -1.11. The van der Waals surface area contributed by atoms with Crippen LogP contribution in [0.25, 0.3) is 0 Å². The molecule has 1 N–H and O–H groups in total. The van der Waals surface area contributed by atoms with Gasteiger partial charge in [0.2, 0.25) is 0 Å². The number of hydrogen-bond donors (Lipinski definition) is 1. The molecule has 4 rings (SSSR count). The van der Waals surface area contributed by atoms with Gasteiger partial charge >= 0.3 is 5.97 Å². The van der Waals surface area contributed by atoms with E-state index in [0.717, 1.165) is 29.7 Å². The van der Waals surface area contributed by atoms with E-state index in [1.54, 1.807) is 0 Å². The van der Waals surface area contributed by atoms with Crippen LogP contribution in [0.15, 0.2) is 36.4 Å². The standard InChI is InChI=1S/C22H18Cl2N2O5/c23-16-8-14-15(9-17(16)24)22(30)26(21(14)29)10-20(28)31-11-19(27)25-18-7-3-5-12-4-1-2-6-13(12)18/h1-2,4,6,8-9,18H,3,5,7,10-11H2,(H,25,27). The Hall–Kier alpha value is -2.90. The highest BCUT2D eigenvalue weighted by Gasteiger charge is 2.38. The summed E-state index contributed by atoms with van der Waals surface area (Å²) in [4.78, 5) is 50.1. The molecule has 0 aromatic heterocycles. The number of imide groups is 1. The highest BCUT2D eigenvalue weighted by atomic mass is 35.5. The highest BCUT2D eigenvalue weighted by Crippen LogP contribution is 2.31. The number of amides is 3. The Morgan fingerprint density at radius 3 is 2.39 bits per heavy atom. The fourth-order valence-electron chi connectivity index (χ4n) is 3.89. The molecule has 3 amide bonds. The molecule has 1 atom stereocenters. The van der Waals surface area contributed by atoms with Gasteiger partial charge in [-0.1, -0.05) is 47.5 Å². The molecule has 2 aromatic rings. The van der Waals surface area contributed by atoms with Gasteiger partial charge in [0, 0.05) is 0 Å². The lowest BCUT2D eigenvalue weighted by atomic mass is 9.88. The molecule has 31 heavy (non-hydrogen) atoms. The zero-order valence-electron chi connectivity index (χ0n) is 16.3. The normalized spacial score (nSPS) is 17.2. The van der Waals surface area contributed by atoms with E-state index in [-0.39, 0.29) is 27.2 Å². The van der Waals surface area contributed by atoms with E-state index < -0.39 is 36.8 Å². The van der Waals surface area contributed by atoms with Crippen LogP contribution in [0.1, 0.15) is 50.7 Å². The van der Waals surface area contributed by atoms with E-state index in [1.165, 1.54) is 17.7 Å². The van der Waals surface area contributed by atoms with Crippen LogP contribution in [0, 0.1) is 0 Å². The van der Waals surface area contributed by atoms with Crippen molar-refractivity contribution in [3.05, 3.63) is 68.7 Å². The molecule has 0 bridgehead atoms. The Bertz CT molecular complexity index is 1060. The smallest absolute Gasteiger partial charge is 0.326 e. The van der Waals surface area contributed by atoms with E-state index in [1.807, 2.05) is 24.3 Å². The molecular weight excluding hydrogens is 443 g/mol. The minimum Gasteiger partial charge on any atom is -0.454 e. The summed E-state index contributed by atoms with van der Waals surface area (Å²) in [6, 6.07) is 10.3. The number of esters is 1. The fourth-order valence-corrected chi connectivity index (χ4v) is 4.22. The van der Waals surface area contributed by atoms with Gasteiger partial charge in [-0.15, -0.1) is 0 Å². The average molecular weight is 461 g/mol. The topological polar surface area (TPSA) is 92.8 Å². The third-order valence-electron chi connectivity index (χ3n) is 5.37. The van der Waals surface area contributed by atoms with Crippen LogP contribution in [0.4, 0.5) is 0 Å². The van der Waals surface area contributed by atoms with Crippen LogP contribution in [-0.2, 0) is 20.7 Å². The van der Waals surface area contributed by atoms with Crippen LogP contribution >= 0.6 is 23.2 Å². The van der Waals surface area contributed by atoms with Crippen molar-refractivity contribution < 1.29 is 23.9 Å². The van der Waals surface area contributed by atoms with Crippen LogP contribution < -0.4 is 5.32 Å². The first-order valence-corrected chi connectivity index (χ1v) is 10.5. The number of halogens is 2. The molecule has 2 aromatic carbocycles. The summed E-state index contributed by atoms with van der Waals surface area (Å²) in [6.07, 6.45) is 2.72. The number of benzene rings is 2. The number of ether oxygens (including phenoxy) is 1. The second-order valence-electron chi connectivity index (χ2n) is 7.38. The Labute approximate surface area is 188 Å². The summed E-state index contributed by atoms with van der Waals surface area (Å²) >= 11 is 11.8. The molecule has 0 saturated carbocycles. The minimum absolute atomic E-state index is 0.0703. The third kappa shape index (κ3) is 4.29. The molecule has 9 heteroatoms. The minimum atomic E-state index is -0.870. The summed E-state index contributed by atoms with van der Waals surface area (Å²) < 4.78 is 4.99. The predicted octanol–water partition coefficient (Wildman–Crippen LogP) is 3.33. The van der Waals surface area contributed by atoms with E-state index in [2.05, 4.69) is 5.32 Å². The number of fused-ring (bicyclic) bond motifs is 2. The number of aryl methyl sites for hydroxylation is 1. The first-order valence-electron chi connectivity index (χ1n) is 9.73. The van der Waals surface area contributed by atoms with Crippen molar-refractivity contribution in [2.75, 3.05) is 13.2 Å². The summed E-state index contributed by atoms with van der Waals surface area (Å²) in [5.74, 6) is -2.65. The maximum Gasteiger partial charge on any atom is 0.326 e. The van der Waals surface area contributed by atoms with Gasteiger partial charge in [0.15, 0.2) is 6.61 Å². The van der Waals surface area contributed by atoms with Gasteiger partial charge in [-0.2, -0.15) is 0 Å². The van der Waals surface area contributed by atoms with E-state index in [4.69, 9.17) is 27.9 Å². The lowest BCUT2D eigenvalue weighted by Crippen LogP contribution is -2.38. The van der Waals surface area contributed by atoms with Crippen molar-refractivity contribution in [1.82, 2.24) is 10.2 Å². The van der Waals surface area contributed by atoms with Gasteiger partial charge in [-0.05, 0) is 42.5 Å². The van der Waals surface area contributed by atoms with Crippen molar-refractivity contribution in [2.45, 2.75) is 25.3 Å². The SMILES string of the molecule is O=C(COC(=O)CN1C(=O)c2cc(Cl)c(Cl)cc2C1=O)NC1CCCc2ccccc21. The van der Waals surface area contributed by atoms with Crippen molar-refractivity contribution >= 4 is 46.9 Å². The Morgan fingerprint density at radius 2 is 1.71 bits per heavy atom. The maximum absolute atomic E-state index is 12.4. The Balaban J connectivity index is 1.32. The molecule has 1 aliphatic carbocycles. The summed E-state index contributed by atoms with van der Waals surface area (Å²) in [5, 5.41) is 3.14. The summed E-state index contributed by atoms with van der Waals surface area (Å²) in [7, 11) is 0. The maximum atomic E-state index is 12.4. The van der Waals surface area contributed by atoms with Crippen molar-refractivity contribution in [3.63, 3.8) is 0 Å². The number of nitrogens with zero attached hydrogens (tertiary/aromatic N) is 1. The molecule has 1 unspecified atom stereocenters. The third-order valence-corrected chi connectivity index (χ3v) is 6.09. The van der Waals surface area contributed by atoms with E-state index >= 15 is 0 Å². The van der Waals surface area contributed by atoms with Gasteiger partial charge in [0.1, 0.15) is 6.54 Å². The summed E-state index contributed by atoms with van der Waals surface area (Å²) in [5.41, 5.74) is 2.40. The van der Waals surface area contributed by atoms with Crippen LogP contribution in [-0.4, -0.2) is 41.7 Å². The Kier molecular flexibility index (Phi) is 5.98. The molecule has 0 spiro atoms. The first kappa shape index (κ1) is 21.3. The van der Waals surface area contributed by atoms with Gasteiger partial charge in [-0.3, -0.25) is 24.1 Å². The second kappa shape index (κ2) is 8.69. The zero-order chi connectivity index (χ0) is 22.1. The molecule has 1 heterocycles. The van der Waals surface area contributed by atoms with E-state index in [9.17, 15) is 19.2 Å². The molecule has 160 valence electrons. The molecule has 7 nitrogen and oxygen atoms in total. The first-order chi connectivity index (χ1) is 14.8. The molecule has 0 radical (unpaired) electrons. The molecular formula is C22H18Cl2N2O5. The average Bonchev–Trinajstić information content (AvgIpc) is 2.97. The quantitative estimate of drug-likeness (QED) is 0.545. The number of rotatable bonds is 5. The monoisotopic (exact) mass is 460 g/mol. The second-order valence-corrected chi connectivity index (χ2v) is 8.19. The fraction of sp³-hybridized carbons (Fsp3) is 0.273. The van der Waals surface area contributed by atoms with Crippen LogP contribution in [0.5, 0.6) is 0 Å². The highest BCUT2D eigenvalue weighted by molar-refractivity contribution is 6.43. The van der Waals surface area contributed by atoms with Crippen LogP contribution in [0.3, 0.4) is 0 Å². The van der Waals surface area contributed by atoms with Gasteiger partial charge in [-0.25, -0.2) is 0 Å². The van der Waals surface area contributed by atoms with Gasteiger partial charge in [0.25, 0.3) is 17.7 Å². The molecule has 0 saturated heterocycles. The zero-order valence-corrected chi connectivity index (χ0v) is 17.8. The lowest BCUT2D eigenvalue weighted by Gasteiger charge is -2.26. The number of nitrogens with one attached hydrogen (secondary N) is 1. The van der Waals surface area contributed by atoms with E-state index in [0.29, 0.717) is 0 Å². The largest absolute Gasteiger partial charge is 0.454 e. The molecule has 0 fully saturated rings.